The third-order valence-corrected chi connectivity index (χ3v) is 6.59. The molecule has 1 aliphatic heterocycles. The largest absolute Gasteiger partial charge is 0.450 e. The molecular formula is C28H29N3O3. The van der Waals surface area contributed by atoms with Crippen LogP contribution in [0.5, 0.6) is 0 Å². The van der Waals surface area contributed by atoms with Crippen LogP contribution in [0.4, 0.5) is 0 Å². The molecule has 4 aromatic rings. The molecule has 0 spiro atoms. The van der Waals surface area contributed by atoms with Crippen molar-refractivity contribution in [3.63, 3.8) is 0 Å². The van der Waals surface area contributed by atoms with Crippen molar-refractivity contribution in [2.45, 2.75) is 52.1 Å². The van der Waals surface area contributed by atoms with Crippen molar-refractivity contribution >= 4 is 16.9 Å². The van der Waals surface area contributed by atoms with Gasteiger partial charge in [0.1, 0.15) is 5.58 Å². The number of hydrogen-bond acceptors (Lipinski definition) is 4. The Morgan fingerprint density at radius 1 is 1.03 bits per heavy atom. The second kappa shape index (κ2) is 8.28. The predicted octanol–water partition coefficient (Wildman–Crippen LogP) is 5.23. The van der Waals surface area contributed by atoms with Gasteiger partial charge in [-0.1, -0.05) is 56.7 Å². The molecule has 2 aromatic carbocycles. The number of benzene rings is 2. The van der Waals surface area contributed by atoms with E-state index in [4.69, 9.17) is 4.42 Å². The van der Waals surface area contributed by atoms with Crippen LogP contribution in [0.2, 0.25) is 0 Å². The van der Waals surface area contributed by atoms with E-state index in [0.29, 0.717) is 23.1 Å². The predicted molar refractivity (Wildman–Crippen MR) is 132 cm³/mol. The first-order valence-electron chi connectivity index (χ1n) is 11.7. The molecule has 174 valence electrons. The summed E-state index contributed by atoms with van der Waals surface area (Å²) >= 11 is 0. The van der Waals surface area contributed by atoms with E-state index in [1.54, 1.807) is 23.5 Å². The number of rotatable bonds is 5. The Labute approximate surface area is 198 Å². The fourth-order valence-electron chi connectivity index (χ4n) is 4.72. The van der Waals surface area contributed by atoms with Crippen LogP contribution in [0.15, 0.2) is 70.4 Å². The fraction of sp³-hybridized carbons (Fsp3) is 0.321. The van der Waals surface area contributed by atoms with Crippen LogP contribution in [0.25, 0.3) is 11.0 Å². The lowest BCUT2D eigenvalue weighted by molar-refractivity contribution is 0.0723. The van der Waals surface area contributed by atoms with E-state index >= 15 is 0 Å². The Kier molecular flexibility index (Phi) is 5.39. The van der Waals surface area contributed by atoms with Gasteiger partial charge in [0.15, 0.2) is 5.43 Å². The first kappa shape index (κ1) is 22.1. The van der Waals surface area contributed by atoms with E-state index < -0.39 is 6.04 Å². The molecule has 3 heterocycles. The van der Waals surface area contributed by atoms with Crippen molar-refractivity contribution in [3.8, 4) is 0 Å². The molecule has 1 aliphatic rings. The van der Waals surface area contributed by atoms with Crippen molar-refractivity contribution in [2.24, 2.45) is 0 Å². The standard InChI is InChI=1S/C28H29N3O3/c1-18-6-11-22-21(16-18)25(32)23-24(19-7-9-20(10-8-19)28(2,3)4)31(27(33)26(23)34-22)14-5-13-30-15-12-29-17-30/h6-12,15-17,24H,5,13-14H2,1-4H3/t24-/m0/s1. The smallest absolute Gasteiger partial charge is 0.290 e. The maximum Gasteiger partial charge on any atom is 0.290 e. The first-order chi connectivity index (χ1) is 16.2. The van der Waals surface area contributed by atoms with Gasteiger partial charge in [-0.25, -0.2) is 4.98 Å². The number of fused-ring (bicyclic) bond motifs is 2. The molecule has 5 rings (SSSR count). The third kappa shape index (κ3) is 3.83. The second-order valence-corrected chi connectivity index (χ2v) is 10.1. The summed E-state index contributed by atoms with van der Waals surface area (Å²) in [4.78, 5) is 33.1. The molecule has 0 unspecified atom stereocenters. The van der Waals surface area contributed by atoms with Gasteiger partial charge in [-0.2, -0.15) is 0 Å². The normalized spacial score (nSPS) is 15.8. The molecular weight excluding hydrogens is 426 g/mol. The monoisotopic (exact) mass is 455 g/mol. The highest BCUT2D eigenvalue weighted by molar-refractivity contribution is 5.99. The van der Waals surface area contributed by atoms with Crippen LogP contribution in [0.1, 0.15) is 66.0 Å². The van der Waals surface area contributed by atoms with Crippen molar-refractivity contribution in [3.05, 3.63) is 99.4 Å². The molecule has 1 amide bonds. The summed E-state index contributed by atoms with van der Waals surface area (Å²) in [6, 6.07) is 13.3. The van der Waals surface area contributed by atoms with Gasteiger partial charge in [0.2, 0.25) is 5.76 Å². The SMILES string of the molecule is Cc1ccc2oc3c(c(=O)c2c1)[C@H](c1ccc(C(C)(C)C)cc1)N(CCCn1ccnc1)C3=O. The number of imidazole rings is 1. The number of amides is 1. The average molecular weight is 456 g/mol. The van der Waals surface area contributed by atoms with Gasteiger partial charge in [0, 0.05) is 25.5 Å². The van der Waals surface area contributed by atoms with E-state index in [0.717, 1.165) is 24.1 Å². The Bertz CT molecular complexity index is 1410. The molecule has 6 heteroatoms. The molecule has 0 fully saturated rings. The van der Waals surface area contributed by atoms with Crippen LogP contribution < -0.4 is 5.43 Å². The molecule has 0 radical (unpaired) electrons. The highest BCUT2D eigenvalue weighted by atomic mass is 16.3. The second-order valence-electron chi connectivity index (χ2n) is 10.1. The molecule has 1 atom stereocenters. The molecule has 6 nitrogen and oxygen atoms in total. The Balaban J connectivity index is 1.60. The van der Waals surface area contributed by atoms with Gasteiger partial charge in [-0.3, -0.25) is 9.59 Å². The number of nitrogens with zero attached hydrogens (tertiary/aromatic N) is 3. The highest BCUT2D eigenvalue weighted by Gasteiger charge is 2.42. The first-order valence-corrected chi connectivity index (χ1v) is 11.7. The average Bonchev–Trinajstić information content (AvgIpc) is 3.41. The van der Waals surface area contributed by atoms with Gasteiger partial charge < -0.3 is 13.9 Å². The lowest BCUT2D eigenvalue weighted by Crippen LogP contribution is -2.31. The van der Waals surface area contributed by atoms with E-state index in [2.05, 4.69) is 37.9 Å². The zero-order chi connectivity index (χ0) is 24.0. The molecule has 0 N–H and O–H groups in total. The third-order valence-electron chi connectivity index (χ3n) is 6.59. The maximum atomic E-state index is 13.7. The summed E-state index contributed by atoms with van der Waals surface area (Å²) in [5, 5.41) is 0.517. The summed E-state index contributed by atoms with van der Waals surface area (Å²) in [6.45, 7) is 9.69. The fourth-order valence-corrected chi connectivity index (χ4v) is 4.72. The van der Waals surface area contributed by atoms with E-state index in [-0.39, 0.29) is 22.5 Å². The number of hydrogen-bond donors (Lipinski definition) is 0. The van der Waals surface area contributed by atoms with Crippen LogP contribution >= 0.6 is 0 Å². The molecule has 2 aromatic heterocycles. The Morgan fingerprint density at radius 3 is 2.47 bits per heavy atom. The minimum atomic E-state index is -0.472. The van der Waals surface area contributed by atoms with Gasteiger partial charge in [-0.05, 0) is 42.0 Å². The zero-order valence-corrected chi connectivity index (χ0v) is 20.0. The minimum absolute atomic E-state index is 0.0131. The minimum Gasteiger partial charge on any atom is -0.450 e. The van der Waals surface area contributed by atoms with E-state index in [1.165, 1.54) is 5.56 Å². The van der Waals surface area contributed by atoms with Gasteiger partial charge >= 0.3 is 0 Å². The van der Waals surface area contributed by atoms with E-state index in [1.807, 2.05) is 42.0 Å². The molecule has 34 heavy (non-hydrogen) atoms. The number of carbonyl (C=O) groups is 1. The molecule has 0 bridgehead atoms. The molecule has 0 aliphatic carbocycles. The summed E-state index contributed by atoms with van der Waals surface area (Å²) in [5.41, 5.74) is 3.87. The highest BCUT2D eigenvalue weighted by Crippen LogP contribution is 2.39. The summed E-state index contributed by atoms with van der Waals surface area (Å²) in [6.07, 6.45) is 6.15. The lowest BCUT2D eigenvalue weighted by Gasteiger charge is -2.26. The lowest BCUT2D eigenvalue weighted by atomic mass is 9.86. The summed E-state index contributed by atoms with van der Waals surface area (Å²) in [7, 11) is 0. The summed E-state index contributed by atoms with van der Waals surface area (Å²) < 4.78 is 8.05. The van der Waals surface area contributed by atoms with Crippen molar-refractivity contribution in [1.29, 1.82) is 0 Å². The maximum absolute atomic E-state index is 13.7. The summed E-state index contributed by atoms with van der Waals surface area (Å²) in [5.74, 6) is -0.0704. The Morgan fingerprint density at radius 2 is 1.79 bits per heavy atom. The molecule has 0 saturated heterocycles. The van der Waals surface area contributed by atoms with Crippen LogP contribution in [0, 0.1) is 6.92 Å². The number of aromatic nitrogens is 2. The number of carbonyl (C=O) groups excluding carboxylic acids is 1. The quantitative estimate of drug-likeness (QED) is 0.413. The van der Waals surface area contributed by atoms with Gasteiger partial charge in [0.05, 0.1) is 23.3 Å². The van der Waals surface area contributed by atoms with Crippen molar-refractivity contribution in [2.75, 3.05) is 6.54 Å². The van der Waals surface area contributed by atoms with Crippen LogP contribution in [-0.2, 0) is 12.0 Å². The van der Waals surface area contributed by atoms with Gasteiger partial charge in [0.25, 0.3) is 5.91 Å². The Hall–Kier alpha value is -3.67. The van der Waals surface area contributed by atoms with Crippen LogP contribution in [0.3, 0.4) is 0 Å². The van der Waals surface area contributed by atoms with Crippen LogP contribution in [-0.4, -0.2) is 26.9 Å². The molecule has 0 saturated carbocycles. The van der Waals surface area contributed by atoms with Crippen molar-refractivity contribution in [1.82, 2.24) is 14.5 Å². The zero-order valence-electron chi connectivity index (χ0n) is 20.0. The van der Waals surface area contributed by atoms with Gasteiger partial charge in [-0.15, -0.1) is 0 Å². The van der Waals surface area contributed by atoms with E-state index in [9.17, 15) is 9.59 Å². The topological polar surface area (TPSA) is 68.3 Å². The number of aryl methyl sites for hydroxylation is 2. The van der Waals surface area contributed by atoms with Crippen molar-refractivity contribution < 1.29 is 9.21 Å².